The quantitative estimate of drug-likeness (QED) is 0.667. The number of carbonyl (C=O) groups is 3. The van der Waals surface area contributed by atoms with Crippen molar-refractivity contribution >= 4 is 23.5 Å². The van der Waals surface area contributed by atoms with Crippen LogP contribution in [-0.2, 0) is 19.1 Å². The average molecular weight is 336 g/mol. The lowest BCUT2D eigenvalue weighted by Gasteiger charge is -2.17. The largest absolute Gasteiger partial charge is 0.466 e. The van der Waals surface area contributed by atoms with Gasteiger partial charge in [0, 0.05) is 24.7 Å². The molecule has 0 fully saturated rings. The summed E-state index contributed by atoms with van der Waals surface area (Å²) in [5.74, 6) is -1.40. The van der Waals surface area contributed by atoms with Crippen molar-refractivity contribution in [2.24, 2.45) is 0 Å². The number of carbonyl (C=O) groups excluding carboxylic acids is 3. The summed E-state index contributed by atoms with van der Waals surface area (Å²) in [5.41, 5.74) is 1.19. The van der Waals surface area contributed by atoms with Crippen LogP contribution in [0.2, 0.25) is 0 Å². The molecule has 0 aliphatic rings. The lowest BCUT2D eigenvalue weighted by Crippen LogP contribution is -2.42. The highest BCUT2D eigenvalue weighted by Crippen LogP contribution is 2.11. The number of esters is 2. The van der Waals surface area contributed by atoms with Gasteiger partial charge in [0.2, 0.25) is 0 Å². The first kappa shape index (κ1) is 19.5. The maximum Gasteiger partial charge on any atom is 0.328 e. The molecule has 0 spiro atoms. The molecule has 1 atom stereocenters. The molecule has 0 radical (unpaired) electrons. The molecule has 132 valence electrons. The van der Waals surface area contributed by atoms with Crippen LogP contribution < -0.4 is 10.6 Å². The molecule has 0 heterocycles. The maximum absolute atomic E-state index is 12.3. The maximum atomic E-state index is 12.3. The van der Waals surface area contributed by atoms with Gasteiger partial charge in [0.1, 0.15) is 6.04 Å². The zero-order valence-corrected chi connectivity index (χ0v) is 14.3. The topological polar surface area (TPSA) is 93.7 Å². The Morgan fingerprint density at radius 2 is 1.83 bits per heavy atom. The highest BCUT2D eigenvalue weighted by Gasteiger charge is 2.24. The van der Waals surface area contributed by atoms with Crippen LogP contribution in [0.1, 0.15) is 37.0 Å². The summed E-state index contributed by atoms with van der Waals surface area (Å²) in [4.78, 5) is 35.8. The minimum atomic E-state index is -0.903. The Morgan fingerprint density at radius 1 is 1.12 bits per heavy atom. The predicted molar refractivity (Wildman–Crippen MR) is 89.7 cm³/mol. The summed E-state index contributed by atoms with van der Waals surface area (Å²) in [6.45, 7) is 3.85. The molecular weight excluding hydrogens is 312 g/mol. The molecule has 1 rings (SSSR count). The van der Waals surface area contributed by atoms with E-state index in [1.807, 2.05) is 6.07 Å². The van der Waals surface area contributed by atoms with Crippen LogP contribution in [-0.4, -0.2) is 44.1 Å². The van der Waals surface area contributed by atoms with E-state index in [0.717, 1.165) is 5.69 Å². The van der Waals surface area contributed by atoms with Crippen LogP contribution in [0.25, 0.3) is 0 Å². The SMILES string of the molecule is CCOC(=O)CC[C@H](NC(=O)c1cccc(NC)c1)C(=O)OCC. The van der Waals surface area contributed by atoms with Crippen molar-refractivity contribution in [3.8, 4) is 0 Å². The monoisotopic (exact) mass is 336 g/mol. The van der Waals surface area contributed by atoms with Gasteiger partial charge in [0.15, 0.2) is 0 Å². The van der Waals surface area contributed by atoms with Crippen molar-refractivity contribution in [3.63, 3.8) is 0 Å². The van der Waals surface area contributed by atoms with Gasteiger partial charge in [-0.25, -0.2) is 4.79 Å². The molecule has 1 aromatic carbocycles. The molecule has 24 heavy (non-hydrogen) atoms. The van der Waals surface area contributed by atoms with Crippen molar-refractivity contribution in [2.75, 3.05) is 25.6 Å². The van der Waals surface area contributed by atoms with Crippen molar-refractivity contribution in [3.05, 3.63) is 29.8 Å². The normalized spacial score (nSPS) is 11.3. The zero-order chi connectivity index (χ0) is 17.9. The Labute approximate surface area is 141 Å². The Bertz CT molecular complexity index is 574. The van der Waals surface area contributed by atoms with E-state index in [1.165, 1.54) is 0 Å². The van der Waals surface area contributed by atoms with Gasteiger partial charge < -0.3 is 20.1 Å². The Kier molecular flexibility index (Phi) is 8.32. The van der Waals surface area contributed by atoms with Crippen LogP contribution >= 0.6 is 0 Å². The number of hydrogen-bond acceptors (Lipinski definition) is 6. The van der Waals surface area contributed by atoms with E-state index in [-0.39, 0.29) is 26.1 Å². The van der Waals surface area contributed by atoms with Gasteiger partial charge in [-0.15, -0.1) is 0 Å². The van der Waals surface area contributed by atoms with Gasteiger partial charge in [-0.05, 0) is 38.5 Å². The van der Waals surface area contributed by atoms with Crippen LogP contribution in [0.3, 0.4) is 0 Å². The third-order valence-electron chi connectivity index (χ3n) is 3.23. The highest BCUT2D eigenvalue weighted by atomic mass is 16.5. The van der Waals surface area contributed by atoms with Crippen LogP contribution in [0, 0.1) is 0 Å². The number of nitrogens with one attached hydrogen (secondary N) is 2. The van der Waals surface area contributed by atoms with E-state index in [2.05, 4.69) is 10.6 Å². The molecule has 7 heteroatoms. The van der Waals surface area contributed by atoms with Crippen LogP contribution in [0.15, 0.2) is 24.3 Å². The smallest absolute Gasteiger partial charge is 0.328 e. The minimum absolute atomic E-state index is 0.0220. The fraction of sp³-hybridized carbons (Fsp3) is 0.471. The molecule has 0 aliphatic heterocycles. The van der Waals surface area contributed by atoms with Crippen molar-refractivity contribution < 1.29 is 23.9 Å². The number of benzene rings is 1. The van der Waals surface area contributed by atoms with Gasteiger partial charge >= 0.3 is 11.9 Å². The van der Waals surface area contributed by atoms with Gasteiger partial charge in [0.25, 0.3) is 5.91 Å². The first-order chi connectivity index (χ1) is 11.5. The van der Waals surface area contributed by atoms with E-state index >= 15 is 0 Å². The summed E-state index contributed by atoms with van der Waals surface area (Å²) in [7, 11) is 1.75. The standard InChI is InChI=1S/C17H24N2O5/c1-4-23-15(20)10-9-14(17(22)24-5-2)19-16(21)12-7-6-8-13(11-12)18-3/h6-8,11,14,18H,4-5,9-10H2,1-3H3,(H,19,21)/t14-/m0/s1. The van der Waals surface area contributed by atoms with E-state index in [1.54, 1.807) is 39.1 Å². The molecular formula is C17H24N2O5. The van der Waals surface area contributed by atoms with Crippen molar-refractivity contribution in [1.82, 2.24) is 5.32 Å². The predicted octanol–water partition coefficient (Wildman–Crippen LogP) is 1.73. The molecule has 0 saturated carbocycles. The first-order valence-electron chi connectivity index (χ1n) is 7.92. The van der Waals surface area contributed by atoms with Crippen molar-refractivity contribution in [2.45, 2.75) is 32.7 Å². The van der Waals surface area contributed by atoms with Gasteiger partial charge in [-0.2, -0.15) is 0 Å². The molecule has 0 aromatic heterocycles. The van der Waals surface area contributed by atoms with E-state index in [9.17, 15) is 14.4 Å². The molecule has 0 unspecified atom stereocenters. The summed E-state index contributed by atoms with van der Waals surface area (Å²) >= 11 is 0. The molecule has 1 amide bonds. The third-order valence-corrected chi connectivity index (χ3v) is 3.23. The van der Waals surface area contributed by atoms with Gasteiger partial charge in [-0.1, -0.05) is 6.07 Å². The molecule has 0 aliphatic carbocycles. The van der Waals surface area contributed by atoms with Gasteiger partial charge in [0.05, 0.1) is 13.2 Å². The number of anilines is 1. The van der Waals surface area contributed by atoms with Crippen molar-refractivity contribution in [1.29, 1.82) is 0 Å². The molecule has 2 N–H and O–H groups in total. The molecule has 7 nitrogen and oxygen atoms in total. The highest BCUT2D eigenvalue weighted by molar-refractivity contribution is 5.97. The summed E-state index contributed by atoms with van der Waals surface area (Å²) in [5, 5.41) is 5.56. The Hall–Kier alpha value is -2.57. The van der Waals surface area contributed by atoms with Crippen LogP contribution in [0.5, 0.6) is 0 Å². The van der Waals surface area contributed by atoms with E-state index < -0.39 is 23.9 Å². The lowest BCUT2D eigenvalue weighted by atomic mass is 10.1. The lowest BCUT2D eigenvalue weighted by molar-refractivity contribution is -0.146. The fourth-order valence-corrected chi connectivity index (χ4v) is 2.04. The second-order valence-corrected chi connectivity index (χ2v) is 4.95. The second kappa shape index (κ2) is 10.3. The number of rotatable bonds is 9. The fourth-order valence-electron chi connectivity index (χ4n) is 2.04. The number of ether oxygens (including phenoxy) is 2. The molecule has 0 bridgehead atoms. The molecule has 1 aromatic rings. The van der Waals surface area contributed by atoms with E-state index in [0.29, 0.717) is 5.56 Å². The summed E-state index contributed by atoms with van der Waals surface area (Å²) < 4.78 is 9.80. The number of amides is 1. The number of hydrogen-bond donors (Lipinski definition) is 2. The van der Waals surface area contributed by atoms with E-state index in [4.69, 9.17) is 9.47 Å². The first-order valence-corrected chi connectivity index (χ1v) is 7.92. The summed E-state index contributed by atoms with van der Waals surface area (Å²) in [6.07, 6.45) is 0.142. The minimum Gasteiger partial charge on any atom is -0.466 e. The zero-order valence-electron chi connectivity index (χ0n) is 14.3. The van der Waals surface area contributed by atoms with Gasteiger partial charge in [-0.3, -0.25) is 9.59 Å². The third kappa shape index (κ3) is 6.28. The Balaban J connectivity index is 2.76. The summed E-state index contributed by atoms with van der Waals surface area (Å²) in [6, 6.07) is 5.96. The van der Waals surface area contributed by atoms with Crippen LogP contribution in [0.4, 0.5) is 5.69 Å². The average Bonchev–Trinajstić information content (AvgIpc) is 2.58. The molecule has 0 saturated heterocycles. The Morgan fingerprint density at radius 3 is 2.46 bits per heavy atom. The second-order valence-electron chi connectivity index (χ2n) is 4.95.